The second-order valence-corrected chi connectivity index (χ2v) is 2.86. The lowest BCUT2D eigenvalue weighted by Crippen LogP contribution is -2.17. The molecule has 0 fully saturated rings. The monoisotopic (exact) mass is 216 g/mol. The van der Waals surface area contributed by atoms with Crippen molar-refractivity contribution in [2.75, 3.05) is 11.1 Å². The zero-order valence-corrected chi connectivity index (χ0v) is 8.16. The average Bonchev–Trinajstić information content (AvgIpc) is 2.31. The molecule has 0 radical (unpaired) electrons. The summed E-state index contributed by atoms with van der Waals surface area (Å²) in [5, 5.41) is 9.62. The van der Waals surface area contributed by atoms with Gasteiger partial charge in [-0.25, -0.2) is 9.97 Å². The first-order valence-electron chi connectivity index (χ1n) is 4.43. The van der Waals surface area contributed by atoms with Crippen LogP contribution in [0.5, 0.6) is 0 Å². The summed E-state index contributed by atoms with van der Waals surface area (Å²) in [7, 11) is 0. The van der Waals surface area contributed by atoms with Gasteiger partial charge >= 0.3 is 0 Å². The standard InChI is InChI=1S/C9H8N6O/c10-6-2-1-3-11-7(6)8(16)14-9-12-4-5-13-15-9/h1-5H,10H2,(H,12,14,15,16). The van der Waals surface area contributed by atoms with Crippen LogP contribution in [0, 0.1) is 0 Å². The fourth-order valence-electron chi connectivity index (χ4n) is 1.07. The van der Waals surface area contributed by atoms with E-state index in [0.717, 1.165) is 0 Å². The van der Waals surface area contributed by atoms with Crippen molar-refractivity contribution in [3.63, 3.8) is 0 Å². The van der Waals surface area contributed by atoms with Crippen LogP contribution in [0.25, 0.3) is 0 Å². The molecule has 0 saturated carbocycles. The number of hydrogen-bond donors (Lipinski definition) is 2. The summed E-state index contributed by atoms with van der Waals surface area (Å²) in [4.78, 5) is 19.3. The molecule has 0 aliphatic carbocycles. The van der Waals surface area contributed by atoms with Crippen LogP contribution in [0.2, 0.25) is 0 Å². The van der Waals surface area contributed by atoms with E-state index >= 15 is 0 Å². The maximum Gasteiger partial charge on any atom is 0.278 e. The molecule has 80 valence electrons. The minimum atomic E-state index is -0.467. The van der Waals surface area contributed by atoms with Crippen LogP contribution >= 0.6 is 0 Å². The van der Waals surface area contributed by atoms with E-state index in [2.05, 4.69) is 25.5 Å². The molecule has 0 unspecified atom stereocenters. The van der Waals surface area contributed by atoms with Crippen molar-refractivity contribution < 1.29 is 4.79 Å². The van der Waals surface area contributed by atoms with Crippen molar-refractivity contribution in [2.45, 2.75) is 0 Å². The van der Waals surface area contributed by atoms with Gasteiger partial charge in [0.05, 0.1) is 18.1 Å². The van der Waals surface area contributed by atoms with Gasteiger partial charge in [-0.15, -0.1) is 5.10 Å². The molecular weight excluding hydrogens is 208 g/mol. The molecule has 16 heavy (non-hydrogen) atoms. The molecule has 0 saturated heterocycles. The van der Waals surface area contributed by atoms with Crippen molar-refractivity contribution in [1.29, 1.82) is 0 Å². The van der Waals surface area contributed by atoms with E-state index in [9.17, 15) is 4.79 Å². The number of carbonyl (C=O) groups excluding carboxylic acids is 1. The van der Waals surface area contributed by atoms with E-state index in [4.69, 9.17) is 5.73 Å². The lowest BCUT2D eigenvalue weighted by Gasteiger charge is -2.03. The van der Waals surface area contributed by atoms with E-state index < -0.39 is 5.91 Å². The molecule has 0 bridgehead atoms. The fraction of sp³-hybridized carbons (Fsp3) is 0. The Hall–Kier alpha value is -2.57. The maximum atomic E-state index is 11.7. The minimum Gasteiger partial charge on any atom is -0.397 e. The molecule has 2 aromatic rings. The Labute approximate surface area is 90.8 Å². The highest BCUT2D eigenvalue weighted by atomic mass is 16.2. The number of anilines is 2. The number of nitrogens with one attached hydrogen (secondary N) is 1. The number of rotatable bonds is 2. The largest absolute Gasteiger partial charge is 0.397 e. The Morgan fingerprint density at radius 2 is 2.12 bits per heavy atom. The van der Waals surface area contributed by atoms with Gasteiger partial charge in [0.25, 0.3) is 5.91 Å². The normalized spacial score (nSPS) is 9.75. The molecule has 2 rings (SSSR count). The predicted octanol–water partition coefficient (Wildman–Crippen LogP) is 0.101. The van der Waals surface area contributed by atoms with Crippen molar-refractivity contribution in [3.8, 4) is 0 Å². The van der Waals surface area contributed by atoms with Crippen molar-refractivity contribution >= 4 is 17.5 Å². The number of carbonyl (C=O) groups is 1. The topological polar surface area (TPSA) is 107 Å². The highest BCUT2D eigenvalue weighted by Crippen LogP contribution is 2.08. The molecule has 0 aliphatic rings. The molecule has 7 nitrogen and oxygen atoms in total. The van der Waals surface area contributed by atoms with E-state index in [1.807, 2.05) is 0 Å². The van der Waals surface area contributed by atoms with Crippen LogP contribution in [-0.2, 0) is 0 Å². The number of pyridine rings is 1. The number of amides is 1. The lowest BCUT2D eigenvalue weighted by molar-refractivity contribution is 0.102. The van der Waals surface area contributed by atoms with Gasteiger partial charge in [0.15, 0.2) is 5.69 Å². The van der Waals surface area contributed by atoms with Crippen LogP contribution in [0.1, 0.15) is 10.5 Å². The van der Waals surface area contributed by atoms with Crippen LogP contribution in [0.4, 0.5) is 11.6 Å². The molecule has 3 N–H and O–H groups in total. The molecule has 0 atom stereocenters. The maximum absolute atomic E-state index is 11.7. The van der Waals surface area contributed by atoms with Gasteiger partial charge in [0, 0.05) is 6.20 Å². The van der Waals surface area contributed by atoms with Crippen molar-refractivity contribution in [1.82, 2.24) is 20.2 Å². The number of nitrogens with zero attached hydrogens (tertiary/aromatic N) is 4. The van der Waals surface area contributed by atoms with Crippen molar-refractivity contribution in [2.24, 2.45) is 0 Å². The molecule has 0 aromatic carbocycles. The average molecular weight is 216 g/mol. The van der Waals surface area contributed by atoms with Crippen molar-refractivity contribution in [3.05, 3.63) is 36.4 Å². The van der Waals surface area contributed by atoms with Gasteiger partial charge in [0.2, 0.25) is 5.95 Å². The van der Waals surface area contributed by atoms with E-state index in [1.54, 1.807) is 12.1 Å². The Morgan fingerprint density at radius 1 is 1.25 bits per heavy atom. The summed E-state index contributed by atoms with van der Waals surface area (Å²) < 4.78 is 0. The smallest absolute Gasteiger partial charge is 0.278 e. The third kappa shape index (κ3) is 2.08. The zero-order valence-electron chi connectivity index (χ0n) is 8.16. The van der Waals surface area contributed by atoms with Crippen LogP contribution in [0.3, 0.4) is 0 Å². The van der Waals surface area contributed by atoms with Gasteiger partial charge in [-0.1, -0.05) is 0 Å². The second-order valence-electron chi connectivity index (χ2n) is 2.86. The summed E-state index contributed by atoms with van der Waals surface area (Å²) in [6, 6.07) is 3.23. The van der Waals surface area contributed by atoms with Gasteiger partial charge < -0.3 is 5.73 Å². The summed E-state index contributed by atoms with van der Waals surface area (Å²) in [6.45, 7) is 0. The lowest BCUT2D eigenvalue weighted by atomic mass is 10.3. The van der Waals surface area contributed by atoms with E-state index in [-0.39, 0.29) is 11.6 Å². The first-order chi connectivity index (χ1) is 7.77. The van der Waals surface area contributed by atoms with Crippen LogP contribution in [0.15, 0.2) is 30.7 Å². The quantitative estimate of drug-likeness (QED) is 0.737. The second kappa shape index (κ2) is 4.30. The van der Waals surface area contributed by atoms with Gasteiger partial charge in [0.1, 0.15) is 0 Å². The van der Waals surface area contributed by atoms with Gasteiger partial charge in [-0.2, -0.15) is 5.10 Å². The molecule has 0 spiro atoms. The van der Waals surface area contributed by atoms with Gasteiger partial charge in [-0.05, 0) is 12.1 Å². The summed E-state index contributed by atoms with van der Waals surface area (Å²) in [5.74, 6) is -0.358. The summed E-state index contributed by atoms with van der Waals surface area (Å²) in [6.07, 6.45) is 4.31. The SMILES string of the molecule is Nc1cccnc1C(=O)Nc1nccnn1. The third-order valence-corrected chi connectivity index (χ3v) is 1.76. The zero-order chi connectivity index (χ0) is 11.4. The van der Waals surface area contributed by atoms with Gasteiger partial charge in [-0.3, -0.25) is 10.1 Å². The Kier molecular flexibility index (Phi) is 2.68. The number of nitrogen functional groups attached to an aromatic ring is 1. The predicted molar refractivity (Wildman–Crippen MR) is 56.4 cm³/mol. The third-order valence-electron chi connectivity index (χ3n) is 1.76. The number of nitrogens with two attached hydrogens (primary N) is 1. The Balaban J connectivity index is 2.19. The first kappa shape index (κ1) is 9.97. The number of hydrogen-bond acceptors (Lipinski definition) is 6. The molecule has 0 aliphatic heterocycles. The highest BCUT2D eigenvalue weighted by molar-refractivity contribution is 6.05. The van der Waals surface area contributed by atoms with E-state index in [0.29, 0.717) is 5.69 Å². The molecule has 2 heterocycles. The fourth-order valence-corrected chi connectivity index (χ4v) is 1.07. The van der Waals surface area contributed by atoms with Crippen LogP contribution in [-0.4, -0.2) is 26.1 Å². The molecule has 2 aromatic heterocycles. The van der Waals surface area contributed by atoms with E-state index in [1.165, 1.54) is 18.6 Å². The first-order valence-corrected chi connectivity index (χ1v) is 4.43. The van der Waals surface area contributed by atoms with Crippen LogP contribution < -0.4 is 11.1 Å². The molecule has 7 heteroatoms. The summed E-state index contributed by atoms with van der Waals surface area (Å²) in [5.41, 5.74) is 6.02. The Morgan fingerprint density at radius 3 is 2.81 bits per heavy atom. The highest BCUT2D eigenvalue weighted by Gasteiger charge is 2.11. The molecule has 1 amide bonds. The number of aromatic nitrogens is 4. The molecular formula is C9H8N6O. The minimum absolute atomic E-state index is 0.109. The Bertz CT molecular complexity index is 500. The summed E-state index contributed by atoms with van der Waals surface area (Å²) >= 11 is 0.